The largest absolute Gasteiger partial charge is 0.399 e. The lowest BCUT2D eigenvalue weighted by molar-refractivity contribution is -0.214. The predicted octanol–water partition coefficient (Wildman–Crippen LogP) is 3.67. The molecule has 1 atom stereocenters. The minimum atomic E-state index is -4.35. The van der Waals surface area contributed by atoms with Crippen molar-refractivity contribution in [2.75, 3.05) is 11.9 Å². The van der Waals surface area contributed by atoms with Gasteiger partial charge in [-0.3, -0.25) is 15.1 Å². The standard InChI is InChI=1S/C19H20F3N5O2S/c20-19(21,22)18(5-2-6-18)14-9-11(4-7-24-14)13-10-25-16(30-13)26-17(29)27-8-1-3-12(27)15(23)28/h4,7,9-10,12H,1-3,5-6,8H2,(H2,23,28)(H,25,26,29)/t12-/m0/s1. The number of aromatic nitrogens is 2. The first-order chi connectivity index (χ1) is 14.2. The number of urea groups is 1. The van der Waals surface area contributed by atoms with Gasteiger partial charge in [-0.2, -0.15) is 13.2 Å². The monoisotopic (exact) mass is 439 g/mol. The minimum Gasteiger partial charge on any atom is -0.368 e. The number of primary amides is 1. The third-order valence-electron chi connectivity index (χ3n) is 5.85. The van der Waals surface area contributed by atoms with Crippen LogP contribution >= 0.6 is 11.3 Å². The second-order valence-corrected chi connectivity index (χ2v) is 8.61. The van der Waals surface area contributed by atoms with E-state index in [-0.39, 0.29) is 23.7 Å². The molecule has 1 aliphatic heterocycles. The van der Waals surface area contributed by atoms with Crippen LogP contribution in [-0.2, 0) is 10.2 Å². The van der Waals surface area contributed by atoms with Gasteiger partial charge in [0.15, 0.2) is 5.13 Å². The zero-order valence-electron chi connectivity index (χ0n) is 15.9. The summed E-state index contributed by atoms with van der Waals surface area (Å²) < 4.78 is 40.9. The molecule has 2 aromatic rings. The number of nitrogens with zero attached hydrogens (tertiary/aromatic N) is 3. The summed E-state index contributed by atoms with van der Waals surface area (Å²) in [4.78, 5) is 34.1. The van der Waals surface area contributed by atoms with Crippen molar-refractivity contribution in [2.45, 2.75) is 49.7 Å². The summed E-state index contributed by atoms with van der Waals surface area (Å²) in [5.74, 6) is -0.554. The van der Waals surface area contributed by atoms with Crippen molar-refractivity contribution in [3.05, 3.63) is 30.2 Å². The second kappa shape index (κ2) is 7.53. The highest BCUT2D eigenvalue weighted by Crippen LogP contribution is 2.54. The Kier molecular flexibility index (Phi) is 5.16. The lowest BCUT2D eigenvalue weighted by Crippen LogP contribution is -2.48. The zero-order valence-corrected chi connectivity index (χ0v) is 16.7. The van der Waals surface area contributed by atoms with Gasteiger partial charge in [-0.15, -0.1) is 0 Å². The lowest BCUT2D eigenvalue weighted by atomic mass is 9.65. The number of thiazole rings is 1. The first-order valence-corrected chi connectivity index (χ1v) is 10.4. The van der Waals surface area contributed by atoms with E-state index in [4.69, 9.17) is 5.73 Å². The molecule has 2 fully saturated rings. The number of halogens is 3. The molecule has 4 rings (SSSR count). The maximum absolute atomic E-state index is 13.6. The molecular weight excluding hydrogens is 419 g/mol. The van der Waals surface area contributed by atoms with Crippen LogP contribution in [0.2, 0.25) is 0 Å². The lowest BCUT2D eigenvalue weighted by Gasteiger charge is -2.42. The van der Waals surface area contributed by atoms with E-state index in [0.29, 0.717) is 36.2 Å². The second-order valence-electron chi connectivity index (χ2n) is 7.58. The van der Waals surface area contributed by atoms with Gasteiger partial charge < -0.3 is 10.6 Å². The Morgan fingerprint density at radius 2 is 2.03 bits per heavy atom. The number of carbonyl (C=O) groups is 2. The number of rotatable bonds is 4. The Morgan fingerprint density at radius 3 is 2.67 bits per heavy atom. The van der Waals surface area contributed by atoms with E-state index in [0.717, 1.165) is 11.3 Å². The van der Waals surface area contributed by atoms with Crippen LogP contribution in [0, 0.1) is 0 Å². The smallest absolute Gasteiger partial charge is 0.368 e. The van der Waals surface area contributed by atoms with Crippen molar-refractivity contribution >= 4 is 28.4 Å². The maximum Gasteiger partial charge on any atom is 0.399 e. The molecule has 160 valence electrons. The van der Waals surface area contributed by atoms with E-state index in [9.17, 15) is 22.8 Å². The average Bonchev–Trinajstić information content (AvgIpc) is 3.29. The highest BCUT2D eigenvalue weighted by atomic mass is 32.1. The maximum atomic E-state index is 13.6. The number of pyridine rings is 1. The molecule has 7 nitrogen and oxygen atoms in total. The fourth-order valence-corrected chi connectivity index (χ4v) is 4.80. The highest BCUT2D eigenvalue weighted by molar-refractivity contribution is 7.19. The molecule has 3 N–H and O–H groups in total. The van der Waals surface area contributed by atoms with Gasteiger partial charge in [-0.05, 0) is 43.4 Å². The van der Waals surface area contributed by atoms with Crippen LogP contribution in [0.4, 0.5) is 23.1 Å². The van der Waals surface area contributed by atoms with E-state index in [2.05, 4.69) is 15.3 Å². The van der Waals surface area contributed by atoms with E-state index < -0.39 is 29.6 Å². The summed E-state index contributed by atoms with van der Waals surface area (Å²) in [6.45, 7) is 0.422. The number of alkyl halides is 3. The minimum absolute atomic E-state index is 0.0131. The number of hydrogen-bond donors (Lipinski definition) is 2. The Hall–Kier alpha value is -2.69. The quantitative estimate of drug-likeness (QED) is 0.759. The third kappa shape index (κ3) is 3.51. The average molecular weight is 439 g/mol. The van der Waals surface area contributed by atoms with Crippen molar-refractivity contribution < 1.29 is 22.8 Å². The van der Waals surface area contributed by atoms with Crippen molar-refractivity contribution in [1.82, 2.24) is 14.9 Å². The number of nitrogens with two attached hydrogens (primary N) is 1. The molecule has 0 radical (unpaired) electrons. The topological polar surface area (TPSA) is 101 Å². The predicted molar refractivity (Wildman–Crippen MR) is 105 cm³/mol. The summed E-state index contributed by atoms with van der Waals surface area (Å²) in [6, 6.07) is 1.95. The summed E-state index contributed by atoms with van der Waals surface area (Å²) >= 11 is 1.14. The molecule has 3 amide bonds. The molecule has 1 saturated heterocycles. The molecule has 0 aromatic carbocycles. The fourth-order valence-electron chi connectivity index (χ4n) is 3.99. The van der Waals surface area contributed by atoms with Crippen LogP contribution in [0.1, 0.15) is 37.8 Å². The first kappa shape index (κ1) is 20.6. The number of anilines is 1. The van der Waals surface area contributed by atoms with Crippen LogP contribution < -0.4 is 11.1 Å². The van der Waals surface area contributed by atoms with Gasteiger partial charge in [0.05, 0.1) is 10.6 Å². The SMILES string of the molecule is NC(=O)[C@@H]1CCCN1C(=O)Nc1ncc(-c2ccnc(C3(C(F)(F)F)CCC3)c2)s1. The van der Waals surface area contributed by atoms with E-state index >= 15 is 0 Å². The molecule has 1 aliphatic carbocycles. The van der Waals surface area contributed by atoms with E-state index in [1.54, 1.807) is 6.07 Å². The summed E-state index contributed by atoms with van der Waals surface area (Å²) in [6.07, 6.45) is 0.312. The number of amides is 3. The van der Waals surface area contributed by atoms with Crippen LogP contribution in [0.15, 0.2) is 24.5 Å². The van der Waals surface area contributed by atoms with Crippen LogP contribution in [-0.4, -0.2) is 45.6 Å². The Labute approximate surface area is 174 Å². The van der Waals surface area contributed by atoms with Crippen molar-refractivity contribution in [1.29, 1.82) is 0 Å². The van der Waals surface area contributed by atoms with Gasteiger partial charge in [0, 0.05) is 18.9 Å². The third-order valence-corrected chi connectivity index (χ3v) is 6.81. The number of nitrogens with one attached hydrogen (secondary N) is 1. The molecule has 1 saturated carbocycles. The molecular formula is C19H20F3N5O2S. The van der Waals surface area contributed by atoms with E-state index in [1.807, 2.05) is 0 Å². The number of carbonyl (C=O) groups excluding carboxylic acids is 2. The first-order valence-electron chi connectivity index (χ1n) is 9.58. The van der Waals surface area contributed by atoms with Crippen LogP contribution in [0.5, 0.6) is 0 Å². The molecule has 2 aliphatic rings. The number of hydrogen-bond acceptors (Lipinski definition) is 5. The molecule has 0 spiro atoms. The Morgan fingerprint density at radius 1 is 1.27 bits per heavy atom. The van der Waals surface area contributed by atoms with Gasteiger partial charge in [0.2, 0.25) is 5.91 Å². The number of likely N-dealkylation sites (tertiary alicyclic amines) is 1. The normalized spacial score (nSPS) is 20.6. The van der Waals surface area contributed by atoms with Crippen LogP contribution in [0.3, 0.4) is 0 Å². The van der Waals surface area contributed by atoms with Gasteiger partial charge in [-0.25, -0.2) is 9.78 Å². The summed E-state index contributed by atoms with van der Waals surface area (Å²) in [7, 11) is 0. The van der Waals surface area contributed by atoms with Gasteiger partial charge >= 0.3 is 12.2 Å². The zero-order chi connectivity index (χ0) is 21.5. The van der Waals surface area contributed by atoms with E-state index in [1.165, 1.54) is 23.4 Å². The van der Waals surface area contributed by atoms with Gasteiger partial charge in [0.1, 0.15) is 11.5 Å². The molecule has 30 heavy (non-hydrogen) atoms. The van der Waals surface area contributed by atoms with Crippen molar-refractivity contribution in [3.8, 4) is 10.4 Å². The Bertz CT molecular complexity index is 973. The van der Waals surface area contributed by atoms with Crippen molar-refractivity contribution in [3.63, 3.8) is 0 Å². The fraction of sp³-hybridized carbons (Fsp3) is 0.474. The summed E-state index contributed by atoms with van der Waals surface area (Å²) in [5, 5.41) is 2.93. The molecule has 2 aromatic heterocycles. The highest BCUT2D eigenvalue weighted by Gasteiger charge is 2.60. The molecule has 0 unspecified atom stereocenters. The molecule has 3 heterocycles. The Balaban J connectivity index is 1.52. The van der Waals surface area contributed by atoms with Gasteiger partial charge in [0.25, 0.3) is 0 Å². The van der Waals surface area contributed by atoms with Crippen molar-refractivity contribution in [2.24, 2.45) is 5.73 Å². The van der Waals surface area contributed by atoms with Crippen LogP contribution in [0.25, 0.3) is 10.4 Å². The molecule has 11 heteroatoms. The molecule has 0 bridgehead atoms. The summed E-state index contributed by atoms with van der Waals surface area (Å²) in [5.41, 5.74) is 4.02. The van der Waals surface area contributed by atoms with Gasteiger partial charge in [-0.1, -0.05) is 17.8 Å².